The smallest absolute Gasteiger partial charge is 0.0812 e. The lowest BCUT2D eigenvalue weighted by molar-refractivity contribution is -0.158. The summed E-state index contributed by atoms with van der Waals surface area (Å²) in [4.78, 5) is 2.65. The highest BCUT2D eigenvalue weighted by molar-refractivity contribution is 5.33. The molecule has 2 aromatic rings. The molecule has 1 spiro atoms. The van der Waals surface area contributed by atoms with Gasteiger partial charge in [-0.05, 0) is 11.1 Å². The highest BCUT2D eigenvalue weighted by Gasteiger charge is 2.48. The van der Waals surface area contributed by atoms with Crippen LogP contribution in [0.25, 0.3) is 0 Å². The lowest BCUT2D eigenvalue weighted by Gasteiger charge is -2.55. The van der Waals surface area contributed by atoms with Gasteiger partial charge >= 0.3 is 0 Å². The number of hydrogen-bond acceptors (Lipinski definition) is 3. The molecule has 2 saturated heterocycles. The molecular formula is C19H22N2O. The molecule has 3 heteroatoms. The van der Waals surface area contributed by atoms with Crippen LogP contribution in [0.1, 0.15) is 17.2 Å². The van der Waals surface area contributed by atoms with Gasteiger partial charge in [-0.25, -0.2) is 0 Å². The summed E-state index contributed by atoms with van der Waals surface area (Å²) in [6.07, 6.45) is 0. The van der Waals surface area contributed by atoms with Crippen molar-refractivity contribution in [1.29, 1.82) is 0 Å². The highest BCUT2D eigenvalue weighted by atomic mass is 16.5. The van der Waals surface area contributed by atoms with Crippen molar-refractivity contribution in [1.82, 2.24) is 10.2 Å². The quantitative estimate of drug-likeness (QED) is 0.941. The van der Waals surface area contributed by atoms with Gasteiger partial charge in [-0.2, -0.15) is 0 Å². The van der Waals surface area contributed by atoms with E-state index in [1.54, 1.807) is 0 Å². The molecule has 2 aromatic carbocycles. The highest BCUT2D eigenvalue weighted by Crippen LogP contribution is 2.38. The van der Waals surface area contributed by atoms with Crippen molar-refractivity contribution >= 4 is 0 Å². The fourth-order valence-corrected chi connectivity index (χ4v) is 3.69. The number of benzene rings is 2. The molecule has 0 unspecified atom stereocenters. The van der Waals surface area contributed by atoms with Crippen molar-refractivity contribution < 1.29 is 4.74 Å². The van der Waals surface area contributed by atoms with Crippen LogP contribution in [0.15, 0.2) is 60.7 Å². The van der Waals surface area contributed by atoms with Gasteiger partial charge in [0.2, 0.25) is 0 Å². The summed E-state index contributed by atoms with van der Waals surface area (Å²) in [5.74, 6) is 0. The number of rotatable bonds is 3. The first-order chi connectivity index (χ1) is 10.9. The van der Waals surface area contributed by atoms with Gasteiger partial charge in [-0.15, -0.1) is 0 Å². The Morgan fingerprint density at radius 3 is 2.00 bits per heavy atom. The zero-order valence-corrected chi connectivity index (χ0v) is 12.7. The van der Waals surface area contributed by atoms with Crippen molar-refractivity contribution in [3.05, 3.63) is 71.8 Å². The van der Waals surface area contributed by atoms with E-state index in [2.05, 4.69) is 70.9 Å². The Morgan fingerprint density at radius 2 is 1.50 bits per heavy atom. The van der Waals surface area contributed by atoms with Crippen LogP contribution < -0.4 is 5.32 Å². The monoisotopic (exact) mass is 294 g/mol. The van der Waals surface area contributed by atoms with E-state index >= 15 is 0 Å². The maximum absolute atomic E-state index is 5.59. The van der Waals surface area contributed by atoms with E-state index < -0.39 is 0 Å². The molecule has 4 rings (SSSR count). The zero-order valence-electron chi connectivity index (χ0n) is 12.7. The van der Waals surface area contributed by atoms with Gasteiger partial charge in [0.05, 0.1) is 24.8 Å². The average molecular weight is 294 g/mol. The molecule has 0 atom stereocenters. The third-order valence-corrected chi connectivity index (χ3v) is 4.88. The van der Waals surface area contributed by atoms with Gasteiger partial charge in [0.25, 0.3) is 0 Å². The average Bonchev–Trinajstić information content (AvgIpc) is 2.56. The van der Waals surface area contributed by atoms with Gasteiger partial charge in [0, 0.05) is 19.6 Å². The minimum Gasteiger partial charge on any atom is -0.377 e. The molecule has 0 aromatic heterocycles. The predicted octanol–water partition coefficient (Wildman–Crippen LogP) is 2.45. The summed E-state index contributed by atoms with van der Waals surface area (Å²) in [6, 6.07) is 22.0. The van der Waals surface area contributed by atoms with E-state index in [0.717, 1.165) is 32.8 Å². The number of nitrogens with zero attached hydrogens (tertiary/aromatic N) is 1. The van der Waals surface area contributed by atoms with Crippen molar-refractivity contribution in [2.45, 2.75) is 11.6 Å². The fourth-order valence-electron chi connectivity index (χ4n) is 3.69. The first-order valence-corrected chi connectivity index (χ1v) is 8.04. The minimum absolute atomic E-state index is 0.147. The Labute approximate surface area is 131 Å². The summed E-state index contributed by atoms with van der Waals surface area (Å²) < 4.78 is 5.59. The molecule has 2 fully saturated rings. The summed E-state index contributed by atoms with van der Waals surface area (Å²) in [7, 11) is 0. The maximum atomic E-state index is 5.59. The second kappa shape index (κ2) is 5.84. The molecule has 2 aliphatic heterocycles. The Kier molecular flexibility index (Phi) is 3.70. The Balaban J connectivity index is 1.77. The summed E-state index contributed by atoms with van der Waals surface area (Å²) in [5.41, 5.74) is 2.87. The zero-order chi connectivity index (χ0) is 14.8. The first kappa shape index (κ1) is 13.9. The minimum atomic E-state index is 0.147. The van der Waals surface area contributed by atoms with E-state index in [0.29, 0.717) is 6.04 Å². The number of piperazine rings is 1. The molecule has 3 nitrogen and oxygen atoms in total. The normalized spacial score (nSPS) is 21.0. The van der Waals surface area contributed by atoms with Crippen LogP contribution >= 0.6 is 0 Å². The number of nitrogens with one attached hydrogen (secondary N) is 1. The molecule has 0 saturated carbocycles. The van der Waals surface area contributed by atoms with Crippen LogP contribution in [0.5, 0.6) is 0 Å². The molecule has 0 bridgehead atoms. The summed E-state index contributed by atoms with van der Waals surface area (Å²) in [5, 5.41) is 3.54. The van der Waals surface area contributed by atoms with Crippen molar-refractivity contribution in [2.24, 2.45) is 0 Å². The largest absolute Gasteiger partial charge is 0.377 e. The SMILES string of the molecule is c1ccc(C(c2ccccc2)N2CCNCC23COC3)cc1. The standard InChI is InChI=1S/C19H22N2O/c1-3-7-16(8-4-1)18(17-9-5-2-6-10-17)21-12-11-20-13-19(21)14-22-15-19/h1-10,18,20H,11-15H2. The predicted molar refractivity (Wildman–Crippen MR) is 87.9 cm³/mol. The molecule has 0 amide bonds. The lowest BCUT2D eigenvalue weighted by atomic mass is 9.86. The lowest BCUT2D eigenvalue weighted by Crippen LogP contribution is -2.71. The molecule has 1 N–H and O–H groups in total. The Morgan fingerprint density at radius 1 is 0.909 bits per heavy atom. The van der Waals surface area contributed by atoms with E-state index in [-0.39, 0.29) is 5.54 Å². The van der Waals surface area contributed by atoms with Gasteiger partial charge in [-0.1, -0.05) is 60.7 Å². The van der Waals surface area contributed by atoms with Crippen molar-refractivity contribution in [3.63, 3.8) is 0 Å². The van der Waals surface area contributed by atoms with Gasteiger partial charge < -0.3 is 10.1 Å². The van der Waals surface area contributed by atoms with Crippen molar-refractivity contribution in [3.8, 4) is 0 Å². The van der Waals surface area contributed by atoms with Crippen LogP contribution in [0.4, 0.5) is 0 Å². The molecule has 2 aliphatic rings. The molecular weight excluding hydrogens is 272 g/mol. The van der Waals surface area contributed by atoms with Gasteiger partial charge in [0.15, 0.2) is 0 Å². The third-order valence-electron chi connectivity index (χ3n) is 4.88. The van der Waals surface area contributed by atoms with E-state index in [1.165, 1.54) is 11.1 Å². The Hall–Kier alpha value is -1.68. The fraction of sp³-hybridized carbons (Fsp3) is 0.368. The Bertz CT molecular complexity index is 570. The number of hydrogen-bond donors (Lipinski definition) is 1. The molecule has 2 heterocycles. The first-order valence-electron chi connectivity index (χ1n) is 8.04. The second-order valence-corrected chi connectivity index (χ2v) is 6.31. The van der Waals surface area contributed by atoms with E-state index in [9.17, 15) is 0 Å². The summed E-state index contributed by atoms with van der Waals surface area (Å²) >= 11 is 0. The van der Waals surface area contributed by atoms with E-state index in [1.807, 2.05) is 0 Å². The molecule has 22 heavy (non-hydrogen) atoms. The molecule has 0 aliphatic carbocycles. The van der Waals surface area contributed by atoms with Crippen LogP contribution in [0.3, 0.4) is 0 Å². The third kappa shape index (κ3) is 2.35. The van der Waals surface area contributed by atoms with E-state index in [4.69, 9.17) is 4.74 Å². The van der Waals surface area contributed by atoms with Crippen molar-refractivity contribution in [2.75, 3.05) is 32.8 Å². The molecule has 114 valence electrons. The second-order valence-electron chi connectivity index (χ2n) is 6.31. The molecule has 0 radical (unpaired) electrons. The van der Waals surface area contributed by atoms with Crippen LogP contribution in [0, 0.1) is 0 Å². The maximum Gasteiger partial charge on any atom is 0.0812 e. The topological polar surface area (TPSA) is 24.5 Å². The van der Waals surface area contributed by atoms with Crippen LogP contribution in [-0.2, 0) is 4.74 Å². The van der Waals surface area contributed by atoms with Gasteiger partial charge in [0.1, 0.15) is 0 Å². The number of ether oxygens (including phenoxy) is 1. The van der Waals surface area contributed by atoms with Crippen LogP contribution in [0.2, 0.25) is 0 Å². The van der Waals surface area contributed by atoms with Gasteiger partial charge in [-0.3, -0.25) is 4.90 Å². The van der Waals surface area contributed by atoms with Crippen LogP contribution in [-0.4, -0.2) is 43.3 Å². The summed E-state index contributed by atoms with van der Waals surface area (Å²) in [6.45, 7) is 4.77.